The molecule has 2 unspecified atom stereocenters. The second-order valence-corrected chi connectivity index (χ2v) is 5.18. The third kappa shape index (κ3) is 2.84. The van der Waals surface area contributed by atoms with E-state index in [4.69, 9.17) is 4.74 Å². The molecule has 1 aromatic rings. The van der Waals surface area contributed by atoms with Gasteiger partial charge in [0.25, 0.3) is 0 Å². The highest BCUT2D eigenvalue weighted by Crippen LogP contribution is 2.25. The first-order chi connectivity index (χ1) is 7.81. The summed E-state index contributed by atoms with van der Waals surface area (Å²) in [6, 6.07) is 8.46. The van der Waals surface area contributed by atoms with Crippen LogP contribution in [0.15, 0.2) is 28.7 Å². The fourth-order valence-electron chi connectivity index (χ4n) is 2.34. The number of hydrogen-bond acceptors (Lipinski definition) is 2. The highest BCUT2D eigenvalue weighted by atomic mass is 79.9. The first-order valence-electron chi connectivity index (χ1n) is 5.78. The third-order valence-corrected chi connectivity index (χ3v) is 4.08. The Balaban J connectivity index is 2.05. The van der Waals surface area contributed by atoms with E-state index in [2.05, 4.69) is 45.5 Å². The van der Waals surface area contributed by atoms with Gasteiger partial charge in [-0.3, -0.25) is 0 Å². The van der Waals surface area contributed by atoms with Gasteiger partial charge in [-0.1, -0.05) is 34.1 Å². The zero-order chi connectivity index (χ0) is 11.4. The first kappa shape index (κ1) is 12.1. The maximum absolute atomic E-state index is 5.54. The number of methoxy groups -OCH3 is 1. The predicted molar refractivity (Wildman–Crippen MR) is 69.6 cm³/mol. The van der Waals surface area contributed by atoms with E-state index in [1.54, 1.807) is 0 Å². The molecule has 1 saturated heterocycles. The number of piperidine rings is 1. The minimum Gasteiger partial charge on any atom is -0.380 e. The van der Waals surface area contributed by atoms with Gasteiger partial charge in [-0.2, -0.15) is 0 Å². The van der Waals surface area contributed by atoms with E-state index < -0.39 is 0 Å². The van der Waals surface area contributed by atoms with E-state index in [9.17, 15) is 0 Å². The highest BCUT2D eigenvalue weighted by molar-refractivity contribution is 9.10. The lowest BCUT2D eigenvalue weighted by molar-refractivity contribution is 0.0341. The van der Waals surface area contributed by atoms with E-state index in [0.29, 0.717) is 12.0 Å². The average molecular weight is 284 g/mol. The Morgan fingerprint density at radius 3 is 3.00 bits per heavy atom. The number of benzene rings is 1. The van der Waals surface area contributed by atoms with Gasteiger partial charge in [0.05, 0.1) is 6.10 Å². The summed E-state index contributed by atoms with van der Waals surface area (Å²) in [6.07, 6.45) is 2.64. The smallest absolute Gasteiger partial charge is 0.0727 e. The second kappa shape index (κ2) is 5.80. The molecular weight excluding hydrogens is 266 g/mol. The summed E-state index contributed by atoms with van der Waals surface area (Å²) in [5.41, 5.74) is 1.39. The van der Waals surface area contributed by atoms with E-state index in [1.165, 1.54) is 16.5 Å². The van der Waals surface area contributed by atoms with Crippen LogP contribution >= 0.6 is 15.9 Å². The van der Waals surface area contributed by atoms with Crippen molar-refractivity contribution in [2.75, 3.05) is 20.2 Å². The summed E-state index contributed by atoms with van der Waals surface area (Å²) in [6.45, 7) is 2.08. The van der Waals surface area contributed by atoms with Crippen LogP contribution in [0.25, 0.3) is 0 Å². The fraction of sp³-hybridized carbons (Fsp3) is 0.538. The Labute approximate surface area is 106 Å². The minimum atomic E-state index is 0.348. The van der Waals surface area contributed by atoms with Gasteiger partial charge in [-0.15, -0.1) is 0 Å². The van der Waals surface area contributed by atoms with Crippen molar-refractivity contribution in [3.8, 4) is 0 Å². The largest absolute Gasteiger partial charge is 0.380 e. The molecule has 1 N–H and O–H groups in total. The lowest BCUT2D eigenvalue weighted by Crippen LogP contribution is -2.42. The Morgan fingerprint density at radius 1 is 1.44 bits per heavy atom. The van der Waals surface area contributed by atoms with E-state index in [0.717, 1.165) is 19.5 Å². The molecule has 0 aromatic heterocycles. The molecule has 1 heterocycles. The molecule has 1 fully saturated rings. The summed E-state index contributed by atoms with van der Waals surface area (Å²) < 4.78 is 6.75. The Morgan fingerprint density at radius 2 is 2.25 bits per heavy atom. The molecular formula is C13H18BrNO. The summed E-state index contributed by atoms with van der Waals surface area (Å²) in [4.78, 5) is 0. The molecule has 1 aliphatic heterocycles. The van der Waals surface area contributed by atoms with Crippen LogP contribution in [0.3, 0.4) is 0 Å². The van der Waals surface area contributed by atoms with Crippen LogP contribution in [0.2, 0.25) is 0 Å². The molecule has 0 radical (unpaired) electrons. The predicted octanol–water partition coefficient (Wildman–Crippen LogP) is 2.62. The maximum Gasteiger partial charge on any atom is 0.0727 e. The topological polar surface area (TPSA) is 21.3 Å². The molecule has 2 nitrogen and oxygen atoms in total. The molecule has 2 rings (SSSR count). The van der Waals surface area contributed by atoms with Gasteiger partial charge in [-0.05, 0) is 36.9 Å². The Bertz CT molecular complexity index is 342. The number of hydrogen-bond donors (Lipinski definition) is 1. The van der Waals surface area contributed by atoms with Crippen LogP contribution < -0.4 is 5.32 Å². The molecule has 0 bridgehead atoms. The SMILES string of the molecule is COC1CNCCC1Cc1ccccc1Br. The fourth-order valence-corrected chi connectivity index (χ4v) is 2.79. The Hall–Kier alpha value is -0.380. The van der Waals surface area contributed by atoms with Crippen molar-refractivity contribution >= 4 is 15.9 Å². The normalized spacial score (nSPS) is 25.6. The van der Waals surface area contributed by atoms with Crippen molar-refractivity contribution in [2.45, 2.75) is 18.9 Å². The minimum absolute atomic E-state index is 0.348. The number of halogens is 1. The average Bonchev–Trinajstić information content (AvgIpc) is 2.33. The third-order valence-electron chi connectivity index (χ3n) is 3.31. The molecule has 16 heavy (non-hydrogen) atoms. The molecule has 0 saturated carbocycles. The molecule has 2 atom stereocenters. The summed E-state index contributed by atoms with van der Waals surface area (Å²) in [5.74, 6) is 0.630. The molecule has 0 aliphatic carbocycles. The van der Waals surface area contributed by atoms with Gasteiger partial charge < -0.3 is 10.1 Å². The van der Waals surface area contributed by atoms with Gasteiger partial charge in [-0.25, -0.2) is 0 Å². The van der Waals surface area contributed by atoms with Crippen LogP contribution in [0.4, 0.5) is 0 Å². The molecule has 1 aromatic carbocycles. The van der Waals surface area contributed by atoms with E-state index in [1.807, 2.05) is 7.11 Å². The van der Waals surface area contributed by atoms with Crippen LogP contribution in [-0.4, -0.2) is 26.3 Å². The van der Waals surface area contributed by atoms with Crippen LogP contribution in [0.1, 0.15) is 12.0 Å². The molecule has 3 heteroatoms. The summed E-state index contributed by atoms with van der Waals surface area (Å²) >= 11 is 3.61. The van der Waals surface area contributed by atoms with Crippen LogP contribution in [0.5, 0.6) is 0 Å². The first-order valence-corrected chi connectivity index (χ1v) is 6.57. The van der Waals surface area contributed by atoms with Crippen LogP contribution in [-0.2, 0) is 11.2 Å². The van der Waals surface area contributed by atoms with Crippen molar-refractivity contribution in [3.63, 3.8) is 0 Å². The lowest BCUT2D eigenvalue weighted by atomic mass is 9.88. The monoisotopic (exact) mass is 283 g/mol. The van der Waals surface area contributed by atoms with Crippen molar-refractivity contribution < 1.29 is 4.74 Å². The van der Waals surface area contributed by atoms with Gasteiger partial charge in [0.2, 0.25) is 0 Å². The quantitative estimate of drug-likeness (QED) is 0.921. The highest BCUT2D eigenvalue weighted by Gasteiger charge is 2.25. The number of nitrogens with one attached hydrogen (secondary N) is 1. The summed E-state index contributed by atoms with van der Waals surface area (Å²) in [5, 5.41) is 3.38. The van der Waals surface area contributed by atoms with E-state index >= 15 is 0 Å². The van der Waals surface area contributed by atoms with Crippen molar-refractivity contribution in [2.24, 2.45) is 5.92 Å². The van der Waals surface area contributed by atoms with Gasteiger partial charge in [0, 0.05) is 18.1 Å². The molecule has 88 valence electrons. The van der Waals surface area contributed by atoms with Crippen molar-refractivity contribution in [3.05, 3.63) is 34.3 Å². The van der Waals surface area contributed by atoms with E-state index in [-0.39, 0.29) is 0 Å². The van der Waals surface area contributed by atoms with Gasteiger partial charge in [0.1, 0.15) is 0 Å². The molecule has 1 aliphatic rings. The second-order valence-electron chi connectivity index (χ2n) is 4.32. The number of ether oxygens (including phenoxy) is 1. The molecule has 0 amide bonds. The zero-order valence-corrected chi connectivity index (χ0v) is 11.2. The van der Waals surface area contributed by atoms with Gasteiger partial charge >= 0.3 is 0 Å². The Kier molecular flexibility index (Phi) is 4.38. The lowest BCUT2D eigenvalue weighted by Gasteiger charge is -2.31. The molecule has 0 spiro atoms. The van der Waals surface area contributed by atoms with Crippen LogP contribution in [0, 0.1) is 5.92 Å². The standard InChI is InChI=1S/C13H18BrNO/c1-16-13-9-15-7-6-11(13)8-10-4-2-3-5-12(10)14/h2-5,11,13,15H,6-9H2,1H3. The number of rotatable bonds is 3. The van der Waals surface area contributed by atoms with Gasteiger partial charge in [0.15, 0.2) is 0 Å². The van der Waals surface area contributed by atoms with Crippen molar-refractivity contribution in [1.29, 1.82) is 0 Å². The summed E-state index contributed by atoms with van der Waals surface area (Å²) in [7, 11) is 1.81. The zero-order valence-electron chi connectivity index (χ0n) is 9.58. The maximum atomic E-state index is 5.54. The van der Waals surface area contributed by atoms with Crippen molar-refractivity contribution in [1.82, 2.24) is 5.32 Å².